The van der Waals surface area contributed by atoms with E-state index in [0.29, 0.717) is 12.4 Å². The van der Waals surface area contributed by atoms with Crippen molar-refractivity contribution in [2.24, 2.45) is 0 Å². The molecule has 0 saturated heterocycles. The lowest BCUT2D eigenvalue weighted by Gasteiger charge is -2.38. The molecule has 0 N–H and O–H groups in total. The molecule has 0 aromatic heterocycles. The highest BCUT2D eigenvalue weighted by molar-refractivity contribution is 8.02. The first-order chi connectivity index (χ1) is 17.4. The zero-order valence-electron chi connectivity index (χ0n) is 20.7. The van der Waals surface area contributed by atoms with Crippen molar-refractivity contribution in [1.82, 2.24) is 0 Å². The average Bonchev–Trinajstić information content (AvgIpc) is 2.91. The molecule has 0 fully saturated rings. The second-order valence-electron chi connectivity index (χ2n) is 9.27. The maximum atomic E-state index is 13.1. The number of thioether (sulfide) groups is 1. The van der Waals surface area contributed by atoms with Crippen LogP contribution >= 0.6 is 11.8 Å². The fourth-order valence-corrected chi connectivity index (χ4v) is 7.09. The van der Waals surface area contributed by atoms with Crippen molar-refractivity contribution < 1.29 is 13.2 Å². The Hall–Kier alpha value is -2.86. The maximum Gasteiger partial charge on any atom is 0.155 e. The molecule has 4 aromatic carbocycles. The summed E-state index contributed by atoms with van der Waals surface area (Å²) in [6.45, 7) is 2.28. The summed E-state index contributed by atoms with van der Waals surface area (Å²) in [4.78, 5) is 0. The largest absolute Gasteiger partial charge is 0.375 e. The Morgan fingerprint density at radius 3 is 1.44 bits per heavy atom. The molecular formula is C31H32O3S2. The summed E-state index contributed by atoms with van der Waals surface area (Å²) < 4.78 is 30.6. The Kier molecular flexibility index (Phi) is 8.35. The average molecular weight is 517 g/mol. The van der Waals surface area contributed by atoms with Crippen LogP contribution in [-0.2, 0) is 25.9 Å². The molecule has 0 radical (unpaired) electrons. The highest BCUT2D eigenvalue weighted by atomic mass is 32.2. The van der Waals surface area contributed by atoms with Gasteiger partial charge in [-0.2, -0.15) is 0 Å². The molecule has 1 unspecified atom stereocenters. The van der Waals surface area contributed by atoms with Gasteiger partial charge in [-0.05, 0) is 29.2 Å². The van der Waals surface area contributed by atoms with Gasteiger partial charge in [-0.1, -0.05) is 121 Å². The summed E-state index contributed by atoms with van der Waals surface area (Å²) in [7, 11) is -3.43. The van der Waals surface area contributed by atoms with Gasteiger partial charge in [0.25, 0.3) is 0 Å². The molecule has 0 aliphatic carbocycles. The molecule has 0 aliphatic heterocycles. The summed E-state index contributed by atoms with van der Waals surface area (Å²) in [5, 5.41) is 0. The molecule has 0 heterocycles. The molecule has 1 atom stereocenters. The Balaban J connectivity index is 1.73. The number of benzene rings is 4. The molecule has 3 nitrogen and oxygen atoms in total. The SMILES string of the molecule is CC(COCc1ccccc1)(CSC(c1ccccc1)(c1ccccc1)c1ccccc1)S(C)(=O)=O. The highest BCUT2D eigenvalue weighted by Gasteiger charge is 2.43. The summed E-state index contributed by atoms with van der Waals surface area (Å²) in [6.07, 6.45) is 1.31. The Morgan fingerprint density at radius 1 is 0.667 bits per heavy atom. The van der Waals surface area contributed by atoms with Crippen molar-refractivity contribution in [3.63, 3.8) is 0 Å². The summed E-state index contributed by atoms with van der Waals surface area (Å²) in [5.74, 6) is 0.360. The zero-order valence-corrected chi connectivity index (χ0v) is 22.3. The fraction of sp³-hybridized carbons (Fsp3) is 0.226. The van der Waals surface area contributed by atoms with E-state index in [9.17, 15) is 8.42 Å². The van der Waals surface area contributed by atoms with Crippen LogP contribution in [0.25, 0.3) is 0 Å². The van der Waals surface area contributed by atoms with Crippen molar-refractivity contribution in [1.29, 1.82) is 0 Å². The molecule has 5 heteroatoms. The van der Waals surface area contributed by atoms with Crippen LogP contribution in [-0.4, -0.2) is 31.8 Å². The number of rotatable bonds is 11. The van der Waals surface area contributed by atoms with Crippen molar-refractivity contribution in [2.45, 2.75) is 23.0 Å². The van der Waals surface area contributed by atoms with E-state index >= 15 is 0 Å². The second-order valence-corrected chi connectivity index (χ2v) is 13.0. The first-order valence-corrected chi connectivity index (χ1v) is 14.8. The number of hydrogen-bond acceptors (Lipinski definition) is 4. The van der Waals surface area contributed by atoms with E-state index in [4.69, 9.17) is 4.74 Å². The van der Waals surface area contributed by atoms with Crippen molar-refractivity contribution in [2.75, 3.05) is 18.6 Å². The highest BCUT2D eigenvalue weighted by Crippen LogP contribution is 2.49. The predicted octanol–water partition coefficient (Wildman–Crippen LogP) is 6.73. The molecule has 0 saturated carbocycles. The van der Waals surface area contributed by atoms with Crippen LogP contribution in [0.15, 0.2) is 121 Å². The minimum Gasteiger partial charge on any atom is -0.375 e. The van der Waals surface area contributed by atoms with Crippen LogP contribution in [0, 0.1) is 0 Å². The van der Waals surface area contributed by atoms with E-state index < -0.39 is 19.3 Å². The van der Waals surface area contributed by atoms with Gasteiger partial charge in [0.15, 0.2) is 9.84 Å². The number of hydrogen-bond donors (Lipinski definition) is 0. The van der Waals surface area contributed by atoms with Crippen LogP contribution in [0.3, 0.4) is 0 Å². The van der Waals surface area contributed by atoms with Gasteiger partial charge < -0.3 is 4.74 Å². The summed E-state index contributed by atoms with van der Waals surface area (Å²) >= 11 is 1.65. The summed E-state index contributed by atoms with van der Waals surface area (Å²) in [5.41, 5.74) is 4.34. The van der Waals surface area contributed by atoms with Gasteiger partial charge in [-0.25, -0.2) is 8.42 Å². The molecule has 36 heavy (non-hydrogen) atoms. The van der Waals surface area contributed by atoms with E-state index in [1.807, 2.05) is 84.9 Å². The lowest BCUT2D eigenvalue weighted by Crippen LogP contribution is -2.43. The molecule has 0 bridgehead atoms. The minimum absolute atomic E-state index is 0.113. The maximum absolute atomic E-state index is 13.1. The number of sulfone groups is 1. The van der Waals surface area contributed by atoms with E-state index in [2.05, 4.69) is 36.4 Å². The van der Waals surface area contributed by atoms with E-state index in [-0.39, 0.29) is 6.61 Å². The first kappa shape index (κ1) is 26.2. The van der Waals surface area contributed by atoms with Crippen molar-refractivity contribution >= 4 is 21.6 Å². The standard InChI is InChI=1S/C31H32O3S2/c1-30(36(2,32)33,24-34-23-26-15-7-3-8-16-26)25-35-31(27-17-9-4-10-18-27,28-19-11-5-12-20-28)29-21-13-6-14-22-29/h3-22H,23-25H2,1-2H3. The number of ether oxygens (including phenoxy) is 1. The van der Waals surface area contributed by atoms with E-state index in [0.717, 1.165) is 22.3 Å². The van der Waals surface area contributed by atoms with Gasteiger partial charge in [0, 0.05) is 12.0 Å². The zero-order chi connectivity index (χ0) is 25.5. The molecule has 0 aliphatic rings. The topological polar surface area (TPSA) is 43.4 Å². The molecule has 4 aromatic rings. The van der Waals surface area contributed by atoms with Gasteiger partial charge >= 0.3 is 0 Å². The Bertz CT molecular complexity index is 1230. The molecule has 186 valence electrons. The van der Waals surface area contributed by atoms with Crippen LogP contribution in [0.1, 0.15) is 29.2 Å². The van der Waals surface area contributed by atoms with Gasteiger partial charge in [-0.15, -0.1) is 11.8 Å². The van der Waals surface area contributed by atoms with Crippen LogP contribution in [0.4, 0.5) is 0 Å². The third-order valence-corrected chi connectivity index (χ3v) is 10.7. The van der Waals surface area contributed by atoms with Crippen LogP contribution in [0.5, 0.6) is 0 Å². The van der Waals surface area contributed by atoms with Crippen molar-refractivity contribution in [3.05, 3.63) is 144 Å². The third-order valence-electron chi connectivity index (χ3n) is 6.55. The Morgan fingerprint density at radius 2 is 1.06 bits per heavy atom. The fourth-order valence-electron chi connectivity index (χ4n) is 4.24. The molecule has 0 spiro atoms. The predicted molar refractivity (Wildman–Crippen MR) is 151 cm³/mol. The smallest absolute Gasteiger partial charge is 0.155 e. The monoisotopic (exact) mass is 516 g/mol. The van der Waals surface area contributed by atoms with Gasteiger partial charge in [0.05, 0.1) is 18.0 Å². The first-order valence-electron chi connectivity index (χ1n) is 12.0. The quantitative estimate of drug-likeness (QED) is 0.207. The minimum atomic E-state index is -3.43. The van der Waals surface area contributed by atoms with Crippen LogP contribution in [0.2, 0.25) is 0 Å². The molecule has 4 rings (SSSR count). The third kappa shape index (κ3) is 5.75. The van der Waals surface area contributed by atoms with E-state index in [1.54, 1.807) is 18.7 Å². The normalized spacial score (nSPS) is 13.7. The molecule has 0 amide bonds. The summed E-state index contributed by atoms with van der Waals surface area (Å²) in [6, 6.07) is 40.8. The second kappa shape index (κ2) is 11.5. The lowest BCUT2D eigenvalue weighted by atomic mass is 9.84. The van der Waals surface area contributed by atoms with Crippen LogP contribution < -0.4 is 0 Å². The lowest BCUT2D eigenvalue weighted by molar-refractivity contribution is 0.105. The van der Waals surface area contributed by atoms with Gasteiger partial charge in [0.1, 0.15) is 4.75 Å². The van der Waals surface area contributed by atoms with Crippen molar-refractivity contribution in [3.8, 4) is 0 Å². The van der Waals surface area contributed by atoms with Gasteiger partial charge in [-0.3, -0.25) is 0 Å². The van der Waals surface area contributed by atoms with Gasteiger partial charge in [0.2, 0.25) is 0 Å². The Labute approximate surface area is 219 Å². The van der Waals surface area contributed by atoms with E-state index in [1.165, 1.54) is 6.26 Å². The molecular weight excluding hydrogens is 484 g/mol.